The van der Waals surface area contributed by atoms with Crippen molar-refractivity contribution < 1.29 is 38.7 Å². The van der Waals surface area contributed by atoms with Crippen LogP contribution in [0.3, 0.4) is 0 Å². The molecule has 0 aromatic heterocycles. The molecule has 6 aliphatic rings. The molecule has 1 aromatic carbocycles. The van der Waals surface area contributed by atoms with Gasteiger partial charge >= 0.3 is 5.97 Å². The zero-order chi connectivity index (χ0) is 29.8. The van der Waals surface area contributed by atoms with Gasteiger partial charge in [-0.3, -0.25) is 4.90 Å². The molecule has 0 amide bonds. The summed E-state index contributed by atoms with van der Waals surface area (Å²) >= 11 is 0. The van der Waals surface area contributed by atoms with Gasteiger partial charge in [-0.25, -0.2) is 4.79 Å². The first kappa shape index (κ1) is 29.0. The highest BCUT2D eigenvalue weighted by Gasteiger charge is 2.91. The van der Waals surface area contributed by atoms with Gasteiger partial charge in [0, 0.05) is 75.7 Å². The van der Waals surface area contributed by atoms with Crippen molar-refractivity contribution in [1.82, 2.24) is 4.90 Å². The number of aliphatic hydroxyl groups is 2. The Bertz CT molecular complexity index is 1250. The monoisotopic (exact) mass is 586 g/mol. The number of hydrogen-bond acceptors (Lipinski definition) is 10. The van der Waals surface area contributed by atoms with Crippen LogP contribution in [0, 0.1) is 34.5 Å². The Morgan fingerprint density at radius 2 is 1.86 bits per heavy atom. The molecule has 1 spiro atoms. The highest BCUT2D eigenvalue weighted by atomic mass is 16.5. The number of carbonyl (C=O) groups excluding carboxylic acids is 1. The van der Waals surface area contributed by atoms with Crippen LogP contribution in [-0.4, -0.2) is 111 Å². The lowest BCUT2D eigenvalue weighted by Gasteiger charge is -2.70. The lowest BCUT2D eigenvalue weighted by atomic mass is 9.42. The second kappa shape index (κ2) is 9.60. The number of nitrogens with two attached hydrogens (primary N) is 1. The molecule has 1 heterocycles. The normalized spacial score (nSPS) is 50.1. The topological polar surface area (TPSA) is 133 Å². The number of nitrogen functional groups attached to an aromatic ring is 1. The summed E-state index contributed by atoms with van der Waals surface area (Å²) in [6.07, 6.45) is 1.22. The standard InChI is InChI=1S/C32H46N2O8/c1-6-34-15-29(16-42-27(35)17-9-7-8-10-20(17)33)12-11-22(39-3)31-19-13-18-21(38-2)14-30(36,23(19)24(18)40-4)32(37,28(31)34)26(41-5)25(29)31/h7-10,18-19,21-26,28,36-37H,6,11-16,33H2,1-5H3/t18?,19?,21?,22?,23?,24?,25?,26?,28?,29-,30+,31-,32+/m0/s1. The number of likely N-dealkylation sites (tertiary alicyclic amines) is 1. The van der Waals surface area contributed by atoms with Crippen LogP contribution < -0.4 is 5.73 Å². The molecular formula is C32H46N2O8. The molecule has 13 atom stereocenters. The van der Waals surface area contributed by atoms with E-state index in [0.717, 1.165) is 19.3 Å². The second-order valence-electron chi connectivity index (χ2n) is 13.8. The summed E-state index contributed by atoms with van der Waals surface area (Å²) in [6.45, 7) is 3.54. The summed E-state index contributed by atoms with van der Waals surface area (Å²) in [5.74, 6) is -0.892. The van der Waals surface area contributed by atoms with Crippen molar-refractivity contribution in [1.29, 1.82) is 0 Å². The van der Waals surface area contributed by atoms with E-state index in [2.05, 4.69) is 11.8 Å². The van der Waals surface area contributed by atoms with Crippen molar-refractivity contribution in [3.8, 4) is 0 Å². The summed E-state index contributed by atoms with van der Waals surface area (Å²) in [5, 5.41) is 26.3. The molecule has 10 heteroatoms. The number of nitrogens with zero attached hydrogens (tertiary/aromatic N) is 1. The van der Waals surface area contributed by atoms with Crippen LogP contribution in [0.1, 0.15) is 43.0 Å². The van der Waals surface area contributed by atoms with Crippen molar-refractivity contribution in [2.75, 3.05) is 53.9 Å². The molecule has 232 valence electrons. The van der Waals surface area contributed by atoms with Crippen LogP contribution in [0.5, 0.6) is 0 Å². The summed E-state index contributed by atoms with van der Waals surface area (Å²) in [7, 11) is 6.80. The van der Waals surface area contributed by atoms with Crippen molar-refractivity contribution in [2.45, 2.75) is 74.3 Å². The molecule has 10 nitrogen and oxygen atoms in total. The number of anilines is 1. The number of ether oxygens (including phenoxy) is 5. The van der Waals surface area contributed by atoms with E-state index in [1.807, 2.05) is 0 Å². The molecule has 1 aliphatic heterocycles. The first-order valence-corrected chi connectivity index (χ1v) is 15.5. The van der Waals surface area contributed by atoms with Gasteiger partial charge in [0.05, 0.1) is 42.6 Å². The number of para-hydroxylation sites is 1. The molecule has 5 aliphatic carbocycles. The molecule has 9 unspecified atom stereocenters. The Hall–Kier alpha value is -1.79. The first-order valence-electron chi connectivity index (χ1n) is 15.5. The Labute approximate surface area is 247 Å². The molecule has 7 bridgehead atoms. The number of methoxy groups -OCH3 is 4. The van der Waals surface area contributed by atoms with Gasteiger partial charge in [0.25, 0.3) is 0 Å². The summed E-state index contributed by atoms with van der Waals surface area (Å²) in [5.41, 5.74) is 2.65. The van der Waals surface area contributed by atoms with Crippen molar-refractivity contribution in [3.63, 3.8) is 0 Å². The largest absolute Gasteiger partial charge is 0.461 e. The fourth-order valence-corrected chi connectivity index (χ4v) is 12.0. The third kappa shape index (κ3) is 3.12. The maximum atomic E-state index is 13.4. The zero-order valence-corrected chi connectivity index (χ0v) is 25.3. The van der Waals surface area contributed by atoms with Gasteiger partial charge < -0.3 is 39.6 Å². The highest BCUT2D eigenvalue weighted by molar-refractivity contribution is 5.95. The predicted molar refractivity (Wildman–Crippen MR) is 153 cm³/mol. The SMILES string of the molecule is CCN1C[C@]2(COC(=O)c3ccccc3N)CCC(OC)[C@@]34C5CC6C(OC)C[C@@](O)(C5C6OC)[C@@](O)(C(OC)C23)C14. The van der Waals surface area contributed by atoms with Crippen LogP contribution in [0.4, 0.5) is 5.69 Å². The molecule has 1 aromatic rings. The molecular weight excluding hydrogens is 540 g/mol. The summed E-state index contributed by atoms with van der Waals surface area (Å²) in [4.78, 5) is 15.7. The fourth-order valence-electron chi connectivity index (χ4n) is 12.0. The maximum Gasteiger partial charge on any atom is 0.340 e. The Morgan fingerprint density at radius 1 is 1.10 bits per heavy atom. The summed E-state index contributed by atoms with van der Waals surface area (Å²) in [6, 6.07) is 6.55. The van der Waals surface area contributed by atoms with Gasteiger partial charge in [0.15, 0.2) is 0 Å². The molecule has 0 radical (unpaired) electrons. The minimum absolute atomic E-state index is 0.00697. The third-order valence-corrected chi connectivity index (χ3v) is 13.0. The molecule has 4 N–H and O–H groups in total. The van der Waals surface area contributed by atoms with E-state index in [-0.39, 0.29) is 48.6 Å². The second-order valence-corrected chi connectivity index (χ2v) is 13.8. The molecule has 5 saturated carbocycles. The molecule has 6 fully saturated rings. The number of piperidine rings is 1. The van der Waals surface area contributed by atoms with Crippen molar-refractivity contribution >= 4 is 11.7 Å². The molecule has 42 heavy (non-hydrogen) atoms. The summed E-state index contributed by atoms with van der Waals surface area (Å²) < 4.78 is 31.1. The van der Waals surface area contributed by atoms with E-state index in [1.165, 1.54) is 0 Å². The van der Waals surface area contributed by atoms with Crippen molar-refractivity contribution in [3.05, 3.63) is 29.8 Å². The minimum Gasteiger partial charge on any atom is -0.461 e. The van der Waals surface area contributed by atoms with Gasteiger partial charge in [-0.15, -0.1) is 0 Å². The first-order chi connectivity index (χ1) is 20.1. The number of rotatable bonds is 8. The lowest BCUT2D eigenvalue weighted by molar-refractivity contribution is -0.320. The zero-order valence-electron chi connectivity index (χ0n) is 25.3. The van der Waals surface area contributed by atoms with E-state index in [0.29, 0.717) is 30.8 Å². The van der Waals surface area contributed by atoms with Crippen LogP contribution >= 0.6 is 0 Å². The number of esters is 1. The average molecular weight is 587 g/mol. The Morgan fingerprint density at radius 3 is 2.50 bits per heavy atom. The number of fused-ring (bicyclic) bond motifs is 2. The van der Waals surface area contributed by atoms with Crippen LogP contribution in [0.15, 0.2) is 24.3 Å². The minimum atomic E-state index is -1.62. The molecule has 1 saturated heterocycles. The number of benzene rings is 1. The fraction of sp³-hybridized carbons (Fsp3) is 0.781. The van der Waals surface area contributed by atoms with Gasteiger partial charge in [0.1, 0.15) is 11.2 Å². The maximum absolute atomic E-state index is 13.4. The average Bonchev–Trinajstić information content (AvgIpc) is 3.41. The smallest absolute Gasteiger partial charge is 0.340 e. The van der Waals surface area contributed by atoms with Gasteiger partial charge in [-0.2, -0.15) is 0 Å². The van der Waals surface area contributed by atoms with E-state index in [9.17, 15) is 15.0 Å². The Balaban J connectivity index is 1.41. The van der Waals surface area contributed by atoms with Crippen LogP contribution in [0.25, 0.3) is 0 Å². The van der Waals surface area contributed by atoms with Crippen molar-refractivity contribution in [2.24, 2.45) is 34.5 Å². The van der Waals surface area contributed by atoms with E-state index >= 15 is 0 Å². The van der Waals surface area contributed by atoms with E-state index in [1.54, 1.807) is 52.7 Å². The number of hydrogen-bond donors (Lipinski definition) is 3. The lowest BCUT2D eigenvalue weighted by Crippen LogP contribution is -2.82. The number of likely N-dealkylation sites (N-methyl/N-ethyl adjacent to an activating group) is 1. The van der Waals surface area contributed by atoms with Gasteiger partial charge in [-0.05, 0) is 43.9 Å². The van der Waals surface area contributed by atoms with Crippen LogP contribution in [-0.2, 0) is 23.7 Å². The van der Waals surface area contributed by atoms with Gasteiger partial charge in [-0.1, -0.05) is 19.1 Å². The van der Waals surface area contributed by atoms with E-state index < -0.39 is 40.1 Å². The third-order valence-electron chi connectivity index (χ3n) is 13.0. The Kier molecular flexibility index (Phi) is 6.62. The van der Waals surface area contributed by atoms with Gasteiger partial charge in [0.2, 0.25) is 0 Å². The van der Waals surface area contributed by atoms with E-state index in [4.69, 9.17) is 29.4 Å². The van der Waals surface area contributed by atoms with Crippen LogP contribution in [0.2, 0.25) is 0 Å². The highest BCUT2D eigenvalue weighted by Crippen LogP contribution is 2.80. The predicted octanol–water partition coefficient (Wildman–Crippen LogP) is 1.72. The number of carbonyl (C=O) groups is 1. The molecule has 7 rings (SSSR count). The quantitative estimate of drug-likeness (QED) is 0.306.